The van der Waals surface area contributed by atoms with Gasteiger partial charge in [-0.15, -0.1) is 0 Å². The van der Waals surface area contributed by atoms with Crippen molar-refractivity contribution in [3.8, 4) is 6.07 Å². The van der Waals surface area contributed by atoms with Gasteiger partial charge in [0.15, 0.2) is 0 Å². The summed E-state index contributed by atoms with van der Waals surface area (Å²) in [7, 11) is 0. The molecule has 4 amide bonds. The van der Waals surface area contributed by atoms with Crippen LogP contribution >= 0.6 is 0 Å². The van der Waals surface area contributed by atoms with Crippen molar-refractivity contribution in [1.29, 1.82) is 5.26 Å². The van der Waals surface area contributed by atoms with Crippen LogP contribution in [-0.2, 0) is 19.2 Å². The fourth-order valence-electron chi connectivity index (χ4n) is 3.26. The van der Waals surface area contributed by atoms with Gasteiger partial charge in [0, 0.05) is 25.6 Å². The van der Waals surface area contributed by atoms with Gasteiger partial charge in [0.1, 0.15) is 12.1 Å². The van der Waals surface area contributed by atoms with Crippen molar-refractivity contribution in [2.75, 3.05) is 26.2 Å². The van der Waals surface area contributed by atoms with Crippen molar-refractivity contribution in [2.45, 2.75) is 78.1 Å². The number of alkyl halides is 3. The lowest BCUT2D eigenvalue weighted by atomic mass is 9.99. The Kier molecular flexibility index (Phi) is 15.4. The van der Waals surface area contributed by atoms with E-state index in [1.807, 2.05) is 13.0 Å². The quantitative estimate of drug-likeness (QED) is 0.396. The zero-order chi connectivity index (χ0) is 27.9. The van der Waals surface area contributed by atoms with Crippen molar-refractivity contribution >= 4 is 23.6 Å². The van der Waals surface area contributed by atoms with E-state index in [9.17, 15) is 37.6 Å². The Bertz CT molecular complexity index is 765. The summed E-state index contributed by atoms with van der Waals surface area (Å²) < 4.78 is 36.6. The average Bonchev–Trinajstić information content (AvgIpc) is 3.45. The number of rotatable bonds is 7. The molecule has 0 bridgehead atoms. The van der Waals surface area contributed by atoms with E-state index in [-0.39, 0.29) is 31.2 Å². The van der Waals surface area contributed by atoms with E-state index >= 15 is 0 Å². The zero-order valence-electron chi connectivity index (χ0n) is 21.3. The second-order valence-electron chi connectivity index (χ2n) is 9.08. The van der Waals surface area contributed by atoms with Crippen molar-refractivity contribution in [3.05, 3.63) is 0 Å². The molecule has 0 spiro atoms. The molecule has 2 aliphatic heterocycles. The molecule has 0 radical (unpaired) electrons. The van der Waals surface area contributed by atoms with Gasteiger partial charge in [-0.2, -0.15) is 18.4 Å². The number of carbonyl (C=O) groups excluding carboxylic acids is 4. The van der Waals surface area contributed by atoms with Crippen LogP contribution in [-0.4, -0.2) is 78.1 Å². The maximum atomic E-state index is 12.5. The molecular weight excluding hydrogens is 483 g/mol. The van der Waals surface area contributed by atoms with Crippen LogP contribution in [0.2, 0.25) is 0 Å². The molecule has 13 heteroatoms. The number of halogens is 3. The van der Waals surface area contributed by atoms with Crippen LogP contribution in [0.3, 0.4) is 0 Å². The number of nitrogens with zero attached hydrogens (tertiary/aromatic N) is 2. The predicted molar refractivity (Wildman–Crippen MR) is 125 cm³/mol. The highest BCUT2D eigenvalue weighted by molar-refractivity contribution is 5.91. The highest BCUT2D eigenvalue weighted by atomic mass is 19.4. The molecule has 3 atom stereocenters. The summed E-state index contributed by atoms with van der Waals surface area (Å²) in [5.41, 5.74) is 0. The number of nitriles is 1. The Morgan fingerprint density at radius 1 is 1.25 bits per heavy atom. The number of hydrogen-bond donors (Lipinski definition) is 4. The topological polar surface area (TPSA) is 152 Å². The van der Waals surface area contributed by atoms with Crippen molar-refractivity contribution < 1.29 is 37.5 Å². The van der Waals surface area contributed by atoms with E-state index in [0.29, 0.717) is 26.0 Å². The number of amides is 4. The molecule has 2 saturated heterocycles. The average molecular weight is 522 g/mol. The standard InChI is InChI=1S/C16H20F3N5O4.C4H10.C3H8O/c17-16(18,19)15(28)22-8-12(25)24-5-1-2-11(24)14(27)23-10(7-20)6-9-3-4-21-13(9)26;1-4(2)3;1-2-3-4/h9-11H,1-6,8H2,(H,21,26)(H,22,28)(H,23,27);4H,1-3H3;4H,2-3H2,1H3/t9?,10-,11?;;/m0../s1. The second kappa shape index (κ2) is 16.7. The van der Waals surface area contributed by atoms with Crippen LogP contribution in [0.5, 0.6) is 0 Å². The van der Waals surface area contributed by atoms with Crippen LogP contribution in [0.4, 0.5) is 13.2 Å². The Labute approximate surface area is 210 Å². The monoisotopic (exact) mass is 521 g/mol. The van der Waals surface area contributed by atoms with E-state index in [4.69, 9.17) is 5.11 Å². The van der Waals surface area contributed by atoms with Crippen LogP contribution in [0, 0.1) is 23.2 Å². The molecule has 0 aromatic heterocycles. The molecule has 0 aliphatic carbocycles. The number of nitrogens with one attached hydrogen (secondary N) is 3. The molecule has 2 aliphatic rings. The normalized spacial score (nSPS) is 19.7. The highest BCUT2D eigenvalue weighted by Gasteiger charge is 2.40. The number of aliphatic hydroxyl groups is 1. The van der Waals surface area contributed by atoms with Crippen LogP contribution < -0.4 is 16.0 Å². The van der Waals surface area contributed by atoms with Gasteiger partial charge in [0.2, 0.25) is 17.7 Å². The van der Waals surface area contributed by atoms with Gasteiger partial charge < -0.3 is 26.0 Å². The minimum atomic E-state index is -5.10. The van der Waals surface area contributed by atoms with E-state index in [1.165, 1.54) is 5.32 Å². The summed E-state index contributed by atoms with van der Waals surface area (Å²) in [4.78, 5) is 48.1. The lowest BCUT2D eigenvalue weighted by Gasteiger charge is -2.25. The fraction of sp³-hybridized carbons (Fsp3) is 0.783. The number of hydrogen-bond acceptors (Lipinski definition) is 6. The Hall–Kier alpha value is -2.88. The van der Waals surface area contributed by atoms with Gasteiger partial charge in [0.25, 0.3) is 0 Å². The largest absolute Gasteiger partial charge is 0.471 e. The van der Waals surface area contributed by atoms with Gasteiger partial charge in [-0.25, -0.2) is 0 Å². The highest BCUT2D eigenvalue weighted by Crippen LogP contribution is 2.20. The summed E-state index contributed by atoms with van der Waals surface area (Å²) in [6.07, 6.45) is -2.79. The third kappa shape index (κ3) is 12.7. The molecule has 206 valence electrons. The molecule has 0 aromatic rings. The predicted octanol–water partition coefficient (Wildman–Crippen LogP) is 1.24. The van der Waals surface area contributed by atoms with Gasteiger partial charge in [0.05, 0.1) is 12.6 Å². The molecule has 2 heterocycles. The molecule has 0 aromatic carbocycles. The summed E-state index contributed by atoms with van der Waals surface area (Å²) in [5, 5.41) is 23.7. The van der Waals surface area contributed by atoms with Gasteiger partial charge >= 0.3 is 12.1 Å². The first-order valence-corrected chi connectivity index (χ1v) is 12.0. The summed E-state index contributed by atoms with van der Waals surface area (Å²) in [6, 6.07) is 0.0391. The molecule has 2 unspecified atom stereocenters. The summed E-state index contributed by atoms with van der Waals surface area (Å²) >= 11 is 0. The molecule has 10 nitrogen and oxygen atoms in total. The summed E-state index contributed by atoms with van der Waals surface area (Å²) in [6.45, 7) is 8.53. The first-order valence-electron chi connectivity index (χ1n) is 12.0. The van der Waals surface area contributed by atoms with Crippen molar-refractivity contribution in [3.63, 3.8) is 0 Å². The van der Waals surface area contributed by atoms with Crippen LogP contribution in [0.1, 0.15) is 59.8 Å². The minimum absolute atomic E-state index is 0.135. The molecule has 2 fully saturated rings. The van der Waals surface area contributed by atoms with Crippen molar-refractivity contribution in [1.82, 2.24) is 20.9 Å². The Balaban J connectivity index is 0.00000133. The van der Waals surface area contributed by atoms with E-state index < -0.39 is 42.5 Å². The van der Waals surface area contributed by atoms with E-state index in [1.54, 1.807) is 0 Å². The third-order valence-electron chi connectivity index (χ3n) is 4.91. The summed E-state index contributed by atoms with van der Waals surface area (Å²) in [5.74, 6) is -3.41. The van der Waals surface area contributed by atoms with Crippen molar-refractivity contribution in [2.24, 2.45) is 11.8 Å². The smallest absolute Gasteiger partial charge is 0.396 e. The first-order chi connectivity index (χ1) is 16.8. The van der Waals surface area contributed by atoms with Gasteiger partial charge in [-0.05, 0) is 38.0 Å². The molecular formula is C23H38F3N5O5. The SMILES string of the molecule is CC(C)C.CCCO.N#C[C@H](CC1CCNC1=O)NC(=O)C1CCCN1C(=O)CNC(=O)C(F)(F)F. The van der Waals surface area contributed by atoms with Crippen LogP contribution in [0.15, 0.2) is 0 Å². The van der Waals surface area contributed by atoms with Gasteiger partial charge in [-0.3, -0.25) is 19.2 Å². The molecule has 36 heavy (non-hydrogen) atoms. The lowest BCUT2D eigenvalue weighted by molar-refractivity contribution is -0.174. The Morgan fingerprint density at radius 3 is 2.28 bits per heavy atom. The number of aliphatic hydroxyl groups excluding tert-OH is 1. The molecule has 2 rings (SSSR count). The van der Waals surface area contributed by atoms with E-state index in [2.05, 4.69) is 31.4 Å². The number of carbonyl (C=O) groups is 4. The Morgan fingerprint density at radius 2 is 1.83 bits per heavy atom. The third-order valence-corrected chi connectivity index (χ3v) is 4.91. The molecule has 4 N–H and O–H groups in total. The maximum Gasteiger partial charge on any atom is 0.471 e. The second-order valence-corrected chi connectivity index (χ2v) is 9.08. The van der Waals surface area contributed by atoms with Gasteiger partial charge in [-0.1, -0.05) is 27.7 Å². The molecule has 0 saturated carbocycles. The maximum absolute atomic E-state index is 12.5. The van der Waals surface area contributed by atoms with E-state index in [0.717, 1.165) is 17.2 Å². The fourth-order valence-corrected chi connectivity index (χ4v) is 3.26. The first kappa shape index (κ1) is 33.1. The zero-order valence-corrected chi connectivity index (χ0v) is 21.3. The lowest BCUT2D eigenvalue weighted by Crippen LogP contribution is -2.51. The van der Waals surface area contributed by atoms with Crippen LogP contribution in [0.25, 0.3) is 0 Å². The number of likely N-dealkylation sites (tertiary alicyclic amines) is 1. The minimum Gasteiger partial charge on any atom is -0.396 e.